The molecule has 1 aliphatic heterocycles. The molecule has 1 aliphatic rings. The van der Waals surface area contributed by atoms with Crippen LogP contribution in [0.5, 0.6) is 0 Å². The summed E-state index contributed by atoms with van der Waals surface area (Å²) in [7, 11) is 1.76. The van der Waals surface area contributed by atoms with E-state index in [4.69, 9.17) is 4.74 Å². The van der Waals surface area contributed by atoms with Crippen molar-refractivity contribution >= 4 is 12.0 Å². The van der Waals surface area contributed by atoms with Crippen LogP contribution >= 0.6 is 0 Å². The van der Waals surface area contributed by atoms with Gasteiger partial charge in [-0.3, -0.25) is 0 Å². The molecule has 1 amide bonds. The third-order valence-corrected chi connectivity index (χ3v) is 4.25. The number of carbonyl (C=O) groups excluding carboxylic acids is 1. The largest absolute Gasteiger partial charge is 0.444 e. The molecular formula is C17H24FN7O2. The van der Waals surface area contributed by atoms with Gasteiger partial charge < -0.3 is 19.1 Å². The zero-order valence-electron chi connectivity index (χ0n) is 16.2. The number of aryl methyl sites for hydroxylation is 1. The SMILES string of the molecule is Cc1nnc(-c2nc(N3CCN(C(=O)OC(C)(C)C)CC3)ncc2F)n1C. The third-order valence-electron chi connectivity index (χ3n) is 4.25. The first kappa shape index (κ1) is 19.0. The van der Waals surface area contributed by atoms with Crippen molar-refractivity contribution in [2.45, 2.75) is 33.3 Å². The highest BCUT2D eigenvalue weighted by molar-refractivity contribution is 5.68. The average Bonchev–Trinajstić information content (AvgIpc) is 2.93. The van der Waals surface area contributed by atoms with Crippen molar-refractivity contribution in [3.05, 3.63) is 17.8 Å². The molecule has 1 fully saturated rings. The van der Waals surface area contributed by atoms with Crippen LogP contribution in [0.1, 0.15) is 26.6 Å². The number of halogens is 1. The molecule has 0 radical (unpaired) electrons. The molecule has 0 atom stereocenters. The van der Waals surface area contributed by atoms with Gasteiger partial charge in [0.05, 0.1) is 6.20 Å². The van der Waals surface area contributed by atoms with Crippen molar-refractivity contribution in [1.82, 2.24) is 29.6 Å². The molecule has 0 saturated carbocycles. The summed E-state index contributed by atoms with van der Waals surface area (Å²) < 4.78 is 21.3. The van der Waals surface area contributed by atoms with Gasteiger partial charge in [0.2, 0.25) is 5.95 Å². The van der Waals surface area contributed by atoms with E-state index >= 15 is 0 Å². The van der Waals surface area contributed by atoms with Crippen LogP contribution in [-0.2, 0) is 11.8 Å². The second-order valence-corrected chi connectivity index (χ2v) is 7.45. The summed E-state index contributed by atoms with van der Waals surface area (Å²) in [6.07, 6.45) is 0.805. The Bertz CT molecular complexity index is 838. The van der Waals surface area contributed by atoms with Crippen LogP contribution in [0.3, 0.4) is 0 Å². The number of hydrogen-bond acceptors (Lipinski definition) is 7. The van der Waals surface area contributed by atoms with Crippen molar-refractivity contribution in [3.8, 4) is 11.5 Å². The highest BCUT2D eigenvalue weighted by Crippen LogP contribution is 2.22. The van der Waals surface area contributed by atoms with Crippen molar-refractivity contribution < 1.29 is 13.9 Å². The van der Waals surface area contributed by atoms with Crippen LogP contribution in [0.2, 0.25) is 0 Å². The summed E-state index contributed by atoms with van der Waals surface area (Å²) >= 11 is 0. The number of amides is 1. The van der Waals surface area contributed by atoms with Gasteiger partial charge in [0.25, 0.3) is 0 Å². The predicted molar refractivity (Wildman–Crippen MR) is 96.7 cm³/mol. The van der Waals surface area contributed by atoms with Crippen LogP contribution in [0.25, 0.3) is 11.5 Å². The minimum atomic E-state index is -0.554. The Balaban J connectivity index is 1.73. The lowest BCUT2D eigenvalue weighted by Gasteiger charge is -2.35. The zero-order chi connectivity index (χ0) is 19.8. The van der Waals surface area contributed by atoms with Crippen LogP contribution in [-0.4, -0.2) is 67.5 Å². The fourth-order valence-corrected chi connectivity index (χ4v) is 2.70. The van der Waals surface area contributed by atoms with E-state index in [2.05, 4.69) is 20.2 Å². The second kappa shape index (κ2) is 7.09. The van der Waals surface area contributed by atoms with Crippen molar-refractivity contribution in [2.75, 3.05) is 31.1 Å². The van der Waals surface area contributed by atoms with Gasteiger partial charge in [-0.1, -0.05) is 0 Å². The fourth-order valence-electron chi connectivity index (χ4n) is 2.70. The number of nitrogens with zero attached hydrogens (tertiary/aromatic N) is 7. The maximum Gasteiger partial charge on any atom is 0.410 e. The molecule has 146 valence electrons. The summed E-state index contributed by atoms with van der Waals surface area (Å²) in [5.74, 6) is 0.856. The van der Waals surface area contributed by atoms with Gasteiger partial charge in [-0.05, 0) is 27.7 Å². The second-order valence-electron chi connectivity index (χ2n) is 7.45. The summed E-state index contributed by atoms with van der Waals surface area (Å²) in [4.78, 5) is 24.2. The molecule has 27 heavy (non-hydrogen) atoms. The normalized spacial score (nSPS) is 15.2. The van der Waals surface area contributed by atoms with E-state index in [1.54, 1.807) is 23.4 Å². The molecule has 9 nitrogen and oxygen atoms in total. The van der Waals surface area contributed by atoms with Crippen LogP contribution in [0.4, 0.5) is 15.1 Å². The Morgan fingerprint density at radius 1 is 1.19 bits per heavy atom. The van der Waals surface area contributed by atoms with E-state index in [0.29, 0.717) is 43.8 Å². The number of piperazine rings is 1. The number of hydrogen-bond donors (Lipinski definition) is 0. The Morgan fingerprint density at radius 3 is 2.41 bits per heavy atom. The van der Waals surface area contributed by atoms with Gasteiger partial charge in [-0.25, -0.2) is 19.2 Å². The number of aromatic nitrogens is 5. The molecule has 0 N–H and O–H groups in total. The monoisotopic (exact) mass is 377 g/mol. The van der Waals surface area contributed by atoms with Crippen LogP contribution in [0.15, 0.2) is 6.20 Å². The first-order valence-electron chi connectivity index (χ1n) is 8.77. The third kappa shape index (κ3) is 4.15. The van der Waals surface area contributed by atoms with E-state index in [-0.39, 0.29) is 11.8 Å². The first-order valence-corrected chi connectivity index (χ1v) is 8.77. The lowest BCUT2D eigenvalue weighted by Crippen LogP contribution is -2.50. The van der Waals surface area contributed by atoms with Crippen LogP contribution in [0, 0.1) is 12.7 Å². The van der Waals surface area contributed by atoms with Gasteiger partial charge in [0.15, 0.2) is 11.6 Å². The Hall–Kier alpha value is -2.78. The van der Waals surface area contributed by atoms with E-state index < -0.39 is 11.4 Å². The fraction of sp³-hybridized carbons (Fsp3) is 0.588. The average molecular weight is 377 g/mol. The van der Waals surface area contributed by atoms with Gasteiger partial charge in [-0.15, -0.1) is 10.2 Å². The molecule has 0 unspecified atom stereocenters. The van der Waals surface area contributed by atoms with Crippen molar-refractivity contribution in [3.63, 3.8) is 0 Å². The smallest absolute Gasteiger partial charge is 0.410 e. The molecule has 3 heterocycles. The van der Waals surface area contributed by atoms with Gasteiger partial charge >= 0.3 is 6.09 Å². The number of ether oxygens (including phenoxy) is 1. The maximum absolute atomic E-state index is 14.2. The Labute approximate surface area is 157 Å². The highest BCUT2D eigenvalue weighted by Gasteiger charge is 2.27. The molecule has 3 rings (SSSR count). The van der Waals surface area contributed by atoms with E-state index in [9.17, 15) is 9.18 Å². The maximum atomic E-state index is 14.2. The highest BCUT2D eigenvalue weighted by atomic mass is 19.1. The summed E-state index contributed by atoms with van der Waals surface area (Å²) in [6, 6.07) is 0. The molecule has 2 aromatic rings. The minimum absolute atomic E-state index is 0.109. The zero-order valence-corrected chi connectivity index (χ0v) is 16.2. The number of anilines is 1. The van der Waals surface area contributed by atoms with E-state index in [1.165, 1.54) is 0 Å². The molecular weight excluding hydrogens is 353 g/mol. The topological polar surface area (TPSA) is 89.3 Å². The lowest BCUT2D eigenvalue weighted by molar-refractivity contribution is 0.0240. The summed E-state index contributed by atoms with van der Waals surface area (Å²) in [5, 5.41) is 7.95. The molecule has 0 aromatic carbocycles. The number of carbonyl (C=O) groups is 1. The van der Waals surface area contributed by atoms with Crippen LogP contribution < -0.4 is 4.90 Å². The molecule has 2 aromatic heterocycles. The Kier molecular flexibility index (Phi) is 4.99. The molecule has 0 aliphatic carbocycles. The quantitative estimate of drug-likeness (QED) is 0.788. The molecule has 10 heteroatoms. The molecule has 1 saturated heterocycles. The number of rotatable bonds is 2. The van der Waals surface area contributed by atoms with Gasteiger partial charge in [0, 0.05) is 33.2 Å². The van der Waals surface area contributed by atoms with E-state index in [1.807, 2.05) is 25.7 Å². The molecule has 0 spiro atoms. The van der Waals surface area contributed by atoms with Gasteiger partial charge in [0.1, 0.15) is 17.1 Å². The first-order chi connectivity index (χ1) is 12.7. The van der Waals surface area contributed by atoms with Crippen molar-refractivity contribution in [2.24, 2.45) is 7.05 Å². The summed E-state index contributed by atoms with van der Waals surface area (Å²) in [6.45, 7) is 9.31. The van der Waals surface area contributed by atoms with Crippen molar-refractivity contribution in [1.29, 1.82) is 0 Å². The van der Waals surface area contributed by atoms with Gasteiger partial charge in [-0.2, -0.15) is 0 Å². The summed E-state index contributed by atoms with van der Waals surface area (Å²) in [5.41, 5.74) is -0.421. The lowest BCUT2D eigenvalue weighted by atomic mass is 10.2. The standard InChI is InChI=1S/C17H24FN7O2/c1-11-21-22-14(23(11)5)13-12(18)10-19-15(20-13)24-6-8-25(9-7-24)16(26)27-17(2,3)4/h10H,6-9H2,1-5H3. The Morgan fingerprint density at radius 2 is 1.85 bits per heavy atom. The minimum Gasteiger partial charge on any atom is -0.444 e. The predicted octanol–water partition coefficient (Wildman–Crippen LogP) is 1.78. The van der Waals surface area contributed by atoms with E-state index in [0.717, 1.165) is 6.20 Å². The molecule has 0 bridgehead atoms.